The van der Waals surface area contributed by atoms with Crippen LogP contribution in [0.5, 0.6) is 0 Å². The zero-order valence-electron chi connectivity index (χ0n) is 19.3. The van der Waals surface area contributed by atoms with Crippen LogP contribution in [0, 0.1) is 0 Å². The molecule has 0 aromatic rings. The molecule has 164 valence electrons. The van der Waals surface area contributed by atoms with Crippen molar-refractivity contribution in [2.24, 2.45) is 4.99 Å². The number of hydrogen-bond acceptors (Lipinski definition) is 4. The Balaban J connectivity index is 2.42. The fraction of sp³-hybridized carbons (Fsp3) is 0.905. The average Bonchev–Trinajstić information content (AvgIpc) is 3.08. The van der Waals surface area contributed by atoms with Crippen LogP contribution >= 0.6 is 0 Å². The number of carbonyl (C=O) groups is 1. The summed E-state index contributed by atoms with van der Waals surface area (Å²) < 4.78 is 0. The summed E-state index contributed by atoms with van der Waals surface area (Å²) in [6, 6.07) is 1.14. The van der Waals surface area contributed by atoms with Crippen molar-refractivity contribution in [3.05, 3.63) is 0 Å². The number of guanidine groups is 1. The molecule has 0 aliphatic carbocycles. The van der Waals surface area contributed by atoms with Gasteiger partial charge >= 0.3 is 0 Å². The van der Waals surface area contributed by atoms with Crippen molar-refractivity contribution in [1.82, 2.24) is 25.3 Å². The normalized spacial score (nSPS) is 18.4. The van der Waals surface area contributed by atoms with Crippen molar-refractivity contribution in [2.75, 3.05) is 53.4 Å². The van der Waals surface area contributed by atoms with Crippen molar-refractivity contribution in [3.8, 4) is 0 Å². The molecule has 0 aromatic carbocycles. The predicted molar refractivity (Wildman–Crippen MR) is 119 cm³/mol. The molecule has 1 aliphatic heterocycles. The monoisotopic (exact) mass is 396 g/mol. The minimum atomic E-state index is 0.0587. The van der Waals surface area contributed by atoms with Gasteiger partial charge in [-0.1, -0.05) is 0 Å². The lowest BCUT2D eigenvalue weighted by Gasteiger charge is -2.30. The maximum Gasteiger partial charge on any atom is 0.239 e. The van der Waals surface area contributed by atoms with E-state index >= 15 is 0 Å². The third-order valence-electron chi connectivity index (χ3n) is 5.30. The predicted octanol–water partition coefficient (Wildman–Crippen LogP) is 1.60. The summed E-state index contributed by atoms with van der Waals surface area (Å²) in [6.07, 6.45) is 3.06. The number of hydrogen-bond donors (Lipinski definition) is 2. The van der Waals surface area contributed by atoms with Gasteiger partial charge in [0.1, 0.15) is 0 Å². The van der Waals surface area contributed by atoms with E-state index < -0.39 is 0 Å². The SMILES string of the molecule is CCNC(=NCCCN1CCCC1C(=O)N(C)C)NCCN(C(C)C)C(C)C. The van der Waals surface area contributed by atoms with Crippen LogP contribution in [0.4, 0.5) is 0 Å². The van der Waals surface area contributed by atoms with Gasteiger partial charge in [0.15, 0.2) is 5.96 Å². The maximum absolute atomic E-state index is 12.3. The van der Waals surface area contributed by atoms with E-state index in [1.165, 1.54) is 0 Å². The van der Waals surface area contributed by atoms with Crippen LogP contribution < -0.4 is 10.6 Å². The second-order valence-corrected chi connectivity index (χ2v) is 8.39. The standard InChI is InChI=1S/C21H44N6O/c1-8-22-21(24-13-16-27(17(2)3)18(4)5)23-12-10-15-26-14-9-11-19(26)20(28)25(6)7/h17-19H,8-16H2,1-7H3,(H2,22,23,24). The fourth-order valence-corrected chi connectivity index (χ4v) is 3.89. The van der Waals surface area contributed by atoms with Crippen molar-refractivity contribution in [1.29, 1.82) is 0 Å². The smallest absolute Gasteiger partial charge is 0.239 e. The zero-order chi connectivity index (χ0) is 21.1. The van der Waals surface area contributed by atoms with Crippen molar-refractivity contribution >= 4 is 11.9 Å². The number of nitrogens with one attached hydrogen (secondary N) is 2. The Kier molecular flexibility index (Phi) is 11.5. The Labute approximate surface area is 172 Å². The topological polar surface area (TPSA) is 63.2 Å². The Morgan fingerprint density at radius 1 is 1.18 bits per heavy atom. The summed E-state index contributed by atoms with van der Waals surface area (Å²) in [5.74, 6) is 1.12. The van der Waals surface area contributed by atoms with Gasteiger partial charge < -0.3 is 15.5 Å². The van der Waals surface area contributed by atoms with Gasteiger partial charge in [-0.05, 0) is 60.4 Å². The number of carbonyl (C=O) groups excluding carboxylic acids is 1. The molecule has 28 heavy (non-hydrogen) atoms. The van der Waals surface area contributed by atoms with Gasteiger partial charge in [0.05, 0.1) is 6.04 Å². The summed E-state index contributed by atoms with van der Waals surface area (Å²) in [5.41, 5.74) is 0. The molecule has 1 amide bonds. The minimum Gasteiger partial charge on any atom is -0.357 e. The highest BCUT2D eigenvalue weighted by Crippen LogP contribution is 2.18. The lowest BCUT2D eigenvalue weighted by molar-refractivity contribution is -0.133. The van der Waals surface area contributed by atoms with Gasteiger partial charge in [0, 0.05) is 58.9 Å². The lowest BCUT2D eigenvalue weighted by atomic mass is 10.2. The van der Waals surface area contributed by atoms with Crippen LogP contribution in [0.2, 0.25) is 0 Å². The van der Waals surface area contributed by atoms with Crippen LogP contribution in [0.25, 0.3) is 0 Å². The summed E-state index contributed by atoms with van der Waals surface area (Å²) in [6.45, 7) is 16.5. The zero-order valence-corrected chi connectivity index (χ0v) is 19.3. The Morgan fingerprint density at radius 2 is 1.86 bits per heavy atom. The highest BCUT2D eigenvalue weighted by atomic mass is 16.2. The molecule has 0 bridgehead atoms. The second kappa shape index (κ2) is 13.0. The van der Waals surface area contributed by atoms with Gasteiger partial charge in [-0.2, -0.15) is 0 Å². The molecule has 0 aromatic heterocycles. The van der Waals surface area contributed by atoms with Crippen LogP contribution in [0.15, 0.2) is 4.99 Å². The molecular formula is C21H44N6O. The molecule has 7 nitrogen and oxygen atoms in total. The van der Waals surface area contributed by atoms with Crippen molar-refractivity contribution < 1.29 is 4.79 Å². The largest absolute Gasteiger partial charge is 0.357 e. The highest BCUT2D eigenvalue weighted by molar-refractivity contribution is 5.81. The number of likely N-dealkylation sites (N-methyl/N-ethyl adjacent to an activating group) is 1. The number of aliphatic imine (C=N–C) groups is 1. The third-order valence-corrected chi connectivity index (χ3v) is 5.30. The second-order valence-electron chi connectivity index (χ2n) is 8.39. The van der Waals surface area contributed by atoms with Crippen molar-refractivity contribution in [2.45, 2.75) is 72.0 Å². The molecule has 1 aliphatic rings. The first kappa shape index (κ1) is 24.7. The number of amides is 1. The molecule has 7 heteroatoms. The average molecular weight is 397 g/mol. The quantitative estimate of drug-likeness (QED) is 0.316. The van der Waals surface area contributed by atoms with Gasteiger partial charge in [-0.25, -0.2) is 0 Å². The van der Waals surface area contributed by atoms with Crippen LogP contribution in [0.1, 0.15) is 53.9 Å². The Bertz CT molecular complexity index is 470. The summed E-state index contributed by atoms with van der Waals surface area (Å²) in [5, 5.41) is 6.79. The van der Waals surface area contributed by atoms with Crippen LogP contribution in [-0.4, -0.2) is 98.1 Å². The summed E-state index contributed by atoms with van der Waals surface area (Å²) >= 11 is 0. The molecule has 2 N–H and O–H groups in total. The first-order valence-electron chi connectivity index (χ1n) is 11.0. The molecule has 1 rings (SSSR count). The van der Waals surface area contributed by atoms with E-state index in [-0.39, 0.29) is 11.9 Å². The molecule has 1 fully saturated rings. The lowest BCUT2D eigenvalue weighted by Crippen LogP contribution is -2.45. The molecule has 0 radical (unpaired) electrons. The van der Waals surface area contributed by atoms with E-state index in [0.717, 1.165) is 64.5 Å². The summed E-state index contributed by atoms with van der Waals surface area (Å²) in [7, 11) is 3.69. The molecule has 1 heterocycles. The minimum absolute atomic E-state index is 0.0587. The Hall–Kier alpha value is -1.34. The first-order valence-corrected chi connectivity index (χ1v) is 11.0. The maximum atomic E-state index is 12.3. The number of likely N-dealkylation sites (tertiary alicyclic amines) is 1. The van der Waals surface area contributed by atoms with Gasteiger partial charge in [0.2, 0.25) is 5.91 Å². The molecule has 0 spiro atoms. The van der Waals surface area contributed by atoms with E-state index in [1.807, 2.05) is 14.1 Å². The third kappa shape index (κ3) is 8.35. The fourth-order valence-electron chi connectivity index (χ4n) is 3.89. The molecular weight excluding hydrogens is 352 g/mol. The molecule has 1 atom stereocenters. The van der Waals surface area contributed by atoms with Crippen LogP contribution in [0.3, 0.4) is 0 Å². The van der Waals surface area contributed by atoms with Crippen molar-refractivity contribution in [3.63, 3.8) is 0 Å². The van der Waals surface area contributed by atoms with E-state index in [9.17, 15) is 4.79 Å². The van der Waals surface area contributed by atoms with Gasteiger partial charge in [0.25, 0.3) is 0 Å². The van der Waals surface area contributed by atoms with E-state index in [2.05, 4.69) is 55.1 Å². The molecule has 0 saturated carbocycles. The van der Waals surface area contributed by atoms with E-state index in [0.29, 0.717) is 12.1 Å². The molecule has 1 saturated heterocycles. The van der Waals surface area contributed by atoms with E-state index in [4.69, 9.17) is 4.99 Å². The highest BCUT2D eigenvalue weighted by Gasteiger charge is 2.30. The molecule has 1 unspecified atom stereocenters. The van der Waals surface area contributed by atoms with Crippen LogP contribution in [-0.2, 0) is 4.79 Å². The van der Waals surface area contributed by atoms with Gasteiger partial charge in [-0.3, -0.25) is 19.6 Å². The van der Waals surface area contributed by atoms with E-state index in [1.54, 1.807) is 4.90 Å². The Morgan fingerprint density at radius 3 is 2.43 bits per heavy atom. The first-order chi connectivity index (χ1) is 13.3. The number of rotatable bonds is 11. The summed E-state index contributed by atoms with van der Waals surface area (Å²) in [4.78, 5) is 23.5. The van der Waals surface area contributed by atoms with Gasteiger partial charge in [-0.15, -0.1) is 0 Å². The number of nitrogens with zero attached hydrogens (tertiary/aromatic N) is 4.